The zero-order valence-corrected chi connectivity index (χ0v) is 13.0. The molecular formula is C13H9IN4O3. The number of benzene rings is 1. The standard InChI is InChI=1S/C13H9IN4O3/c1-18-11-9(5-17-18)12(16-6-15-11)21-10-3-2-7(14)4-8(10)13(19)20/h2-6H,1H3,(H,19,20). The fourth-order valence-electron chi connectivity index (χ4n) is 1.88. The Morgan fingerprint density at radius 3 is 2.95 bits per heavy atom. The fraction of sp³-hybridized carbons (Fsp3) is 0.0769. The van der Waals surface area contributed by atoms with Crippen LogP contribution in [0.2, 0.25) is 0 Å². The molecule has 0 aliphatic heterocycles. The van der Waals surface area contributed by atoms with Gasteiger partial charge in [0.05, 0.1) is 6.20 Å². The number of hydrogen-bond donors (Lipinski definition) is 1. The highest BCUT2D eigenvalue weighted by Crippen LogP contribution is 2.29. The third-order valence-electron chi connectivity index (χ3n) is 2.87. The molecule has 1 aromatic carbocycles. The molecule has 106 valence electrons. The summed E-state index contributed by atoms with van der Waals surface area (Å²) in [7, 11) is 1.76. The van der Waals surface area contributed by atoms with Crippen molar-refractivity contribution in [3.8, 4) is 11.6 Å². The van der Waals surface area contributed by atoms with Crippen LogP contribution in [0, 0.1) is 3.57 Å². The second-order valence-electron chi connectivity index (χ2n) is 4.23. The van der Waals surface area contributed by atoms with Gasteiger partial charge in [-0.05, 0) is 40.8 Å². The van der Waals surface area contributed by atoms with Gasteiger partial charge in [0.1, 0.15) is 23.0 Å². The van der Waals surface area contributed by atoms with Gasteiger partial charge in [-0.3, -0.25) is 4.68 Å². The predicted octanol–water partition coefficient (Wildman–Crippen LogP) is 2.46. The van der Waals surface area contributed by atoms with Crippen molar-refractivity contribution in [3.05, 3.63) is 39.9 Å². The summed E-state index contributed by atoms with van der Waals surface area (Å²) in [5.41, 5.74) is 0.694. The summed E-state index contributed by atoms with van der Waals surface area (Å²) in [4.78, 5) is 19.5. The first kappa shape index (κ1) is 13.7. The van der Waals surface area contributed by atoms with E-state index in [1.807, 2.05) is 22.6 Å². The number of aromatic carboxylic acids is 1. The number of carboxylic acids is 1. The van der Waals surface area contributed by atoms with Crippen molar-refractivity contribution >= 4 is 39.6 Å². The summed E-state index contributed by atoms with van der Waals surface area (Å²) in [6, 6.07) is 4.92. The maximum Gasteiger partial charge on any atom is 0.339 e. The summed E-state index contributed by atoms with van der Waals surface area (Å²) < 4.78 is 8.07. The molecule has 0 amide bonds. The zero-order chi connectivity index (χ0) is 15.0. The van der Waals surface area contributed by atoms with Gasteiger partial charge in [-0.2, -0.15) is 5.10 Å². The second kappa shape index (κ2) is 5.28. The Labute approximate surface area is 132 Å². The van der Waals surface area contributed by atoms with Crippen LogP contribution in [-0.4, -0.2) is 30.8 Å². The highest BCUT2D eigenvalue weighted by atomic mass is 127. The topological polar surface area (TPSA) is 90.1 Å². The molecule has 8 heteroatoms. The van der Waals surface area contributed by atoms with Gasteiger partial charge in [-0.15, -0.1) is 0 Å². The SMILES string of the molecule is Cn1ncc2c(Oc3ccc(I)cc3C(=O)O)ncnc21. The average Bonchev–Trinajstić information content (AvgIpc) is 2.83. The van der Waals surface area contributed by atoms with Gasteiger partial charge in [-0.1, -0.05) is 0 Å². The lowest BCUT2D eigenvalue weighted by atomic mass is 10.2. The molecule has 7 nitrogen and oxygen atoms in total. The quantitative estimate of drug-likeness (QED) is 0.685. The highest BCUT2D eigenvalue weighted by Gasteiger charge is 2.16. The number of rotatable bonds is 3. The molecule has 0 atom stereocenters. The maximum absolute atomic E-state index is 11.3. The largest absolute Gasteiger partial charge is 0.478 e. The van der Waals surface area contributed by atoms with E-state index >= 15 is 0 Å². The molecule has 0 saturated heterocycles. The van der Waals surface area contributed by atoms with E-state index in [2.05, 4.69) is 15.1 Å². The Morgan fingerprint density at radius 1 is 1.38 bits per heavy atom. The van der Waals surface area contributed by atoms with Gasteiger partial charge >= 0.3 is 5.97 Å². The first-order valence-corrected chi connectivity index (χ1v) is 6.97. The van der Waals surface area contributed by atoms with Gasteiger partial charge in [0.25, 0.3) is 0 Å². The second-order valence-corrected chi connectivity index (χ2v) is 5.48. The number of fused-ring (bicyclic) bond motifs is 1. The number of ether oxygens (including phenoxy) is 1. The molecule has 0 aliphatic rings. The van der Waals surface area contributed by atoms with Crippen LogP contribution in [0.1, 0.15) is 10.4 Å². The third kappa shape index (κ3) is 2.53. The van der Waals surface area contributed by atoms with Gasteiger partial charge in [0, 0.05) is 10.6 Å². The van der Waals surface area contributed by atoms with E-state index in [9.17, 15) is 9.90 Å². The predicted molar refractivity (Wildman–Crippen MR) is 82.5 cm³/mol. The van der Waals surface area contributed by atoms with Gasteiger partial charge in [0.15, 0.2) is 5.65 Å². The van der Waals surface area contributed by atoms with Gasteiger partial charge in [0.2, 0.25) is 5.88 Å². The normalized spacial score (nSPS) is 10.8. The van der Waals surface area contributed by atoms with E-state index in [0.717, 1.165) is 3.57 Å². The van der Waals surface area contributed by atoms with Crippen molar-refractivity contribution in [2.24, 2.45) is 7.05 Å². The van der Waals surface area contributed by atoms with Crippen LogP contribution in [0.4, 0.5) is 0 Å². The zero-order valence-electron chi connectivity index (χ0n) is 10.8. The van der Waals surface area contributed by atoms with Crippen molar-refractivity contribution in [2.45, 2.75) is 0 Å². The Balaban J connectivity index is 2.09. The van der Waals surface area contributed by atoms with Crippen molar-refractivity contribution in [3.63, 3.8) is 0 Å². The monoisotopic (exact) mass is 396 g/mol. The molecule has 0 radical (unpaired) electrons. The van der Waals surface area contributed by atoms with Crippen LogP contribution in [0.25, 0.3) is 11.0 Å². The molecule has 0 unspecified atom stereocenters. The third-order valence-corrected chi connectivity index (χ3v) is 3.54. The summed E-state index contributed by atoms with van der Waals surface area (Å²) in [5.74, 6) is -0.552. The Morgan fingerprint density at radius 2 is 2.19 bits per heavy atom. The number of carbonyl (C=O) groups is 1. The van der Waals surface area contributed by atoms with Crippen molar-refractivity contribution in [2.75, 3.05) is 0 Å². The Hall–Kier alpha value is -2.23. The van der Waals surface area contributed by atoms with Crippen LogP contribution in [0.5, 0.6) is 11.6 Å². The number of nitrogens with zero attached hydrogens (tertiary/aromatic N) is 4. The molecule has 0 aliphatic carbocycles. The van der Waals surface area contributed by atoms with Crippen molar-refractivity contribution in [1.82, 2.24) is 19.7 Å². The summed E-state index contributed by atoms with van der Waals surface area (Å²) >= 11 is 2.05. The molecule has 1 N–H and O–H groups in total. The fourth-order valence-corrected chi connectivity index (χ4v) is 2.38. The summed E-state index contributed by atoms with van der Waals surface area (Å²) in [6.07, 6.45) is 2.93. The highest BCUT2D eigenvalue weighted by molar-refractivity contribution is 14.1. The molecule has 0 spiro atoms. The molecular weight excluding hydrogens is 387 g/mol. The van der Waals surface area contributed by atoms with E-state index in [1.54, 1.807) is 36.1 Å². The molecule has 3 rings (SSSR count). The number of halogens is 1. The molecule has 0 saturated carbocycles. The van der Waals surface area contributed by atoms with Crippen LogP contribution >= 0.6 is 22.6 Å². The first-order valence-electron chi connectivity index (χ1n) is 5.89. The van der Waals surface area contributed by atoms with Gasteiger partial charge < -0.3 is 9.84 Å². The van der Waals surface area contributed by atoms with Crippen molar-refractivity contribution in [1.29, 1.82) is 0 Å². The molecule has 21 heavy (non-hydrogen) atoms. The lowest BCUT2D eigenvalue weighted by Gasteiger charge is -2.08. The molecule has 0 fully saturated rings. The van der Waals surface area contributed by atoms with Crippen LogP contribution in [-0.2, 0) is 7.05 Å². The Kier molecular flexibility index (Phi) is 3.45. The number of aromatic nitrogens is 4. The Bertz CT molecular complexity index is 847. The minimum atomic E-state index is -1.06. The molecule has 3 aromatic rings. The van der Waals surface area contributed by atoms with E-state index in [0.29, 0.717) is 11.0 Å². The van der Waals surface area contributed by atoms with Crippen LogP contribution < -0.4 is 4.74 Å². The smallest absolute Gasteiger partial charge is 0.339 e. The van der Waals surface area contributed by atoms with Crippen LogP contribution in [0.3, 0.4) is 0 Å². The average molecular weight is 396 g/mol. The minimum Gasteiger partial charge on any atom is -0.478 e. The summed E-state index contributed by atoms with van der Waals surface area (Å²) in [6.45, 7) is 0. The number of aryl methyl sites for hydroxylation is 1. The minimum absolute atomic E-state index is 0.0811. The number of hydrogen-bond acceptors (Lipinski definition) is 5. The van der Waals surface area contributed by atoms with Crippen LogP contribution in [0.15, 0.2) is 30.7 Å². The van der Waals surface area contributed by atoms with E-state index in [1.165, 1.54) is 6.33 Å². The van der Waals surface area contributed by atoms with E-state index in [-0.39, 0.29) is 17.2 Å². The summed E-state index contributed by atoms with van der Waals surface area (Å²) in [5, 5.41) is 14.0. The molecule has 0 bridgehead atoms. The molecule has 2 heterocycles. The molecule has 2 aromatic heterocycles. The van der Waals surface area contributed by atoms with E-state index in [4.69, 9.17) is 4.74 Å². The van der Waals surface area contributed by atoms with Gasteiger partial charge in [-0.25, -0.2) is 14.8 Å². The first-order chi connectivity index (χ1) is 10.1. The maximum atomic E-state index is 11.3. The number of carboxylic acid groups (broad SMARTS) is 1. The lowest BCUT2D eigenvalue weighted by Crippen LogP contribution is -2.01. The van der Waals surface area contributed by atoms with Crippen molar-refractivity contribution < 1.29 is 14.6 Å². The van der Waals surface area contributed by atoms with E-state index < -0.39 is 5.97 Å². The lowest BCUT2D eigenvalue weighted by molar-refractivity contribution is 0.0694.